The Balaban J connectivity index is 0.000000375. The molecule has 0 fully saturated rings. The average molecular weight is 1020 g/mol. The van der Waals surface area contributed by atoms with E-state index in [1.54, 1.807) is 7.11 Å². The van der Waals surface area contributed by atoms with Crippen molar-refractivity contribution in [1.29, 1.82) is 0 Å². The van der Waals surface area contributed by atoms with Gasteiger partial charge in [-0.25, -0.2) is 0 Å². The van der Waals surface area contributed by atoms with Gasteiger partial charge in [0.2, 0.25) is 0 Å². The van der Waals surface area contributed by atoms with Crippen molar-refractivity contribution in [3.05, 3.63) is 115 Å². The highest BCUT2D eigenvalue weighted by atomic mass is 31.2. The molecule has 4 rings (SSSR count). The van der Waals surface area contributed by atoms with Crippen LogP contribution in [-0.2, 0) is 52.4 Å². The molecule has 0 atom stereocenters. The van der Waals surface area contributed by atoms with Crippen molar-refractivity contribution in [2.75, 3.05) is 13.7 Å². The maximum atomic E-state index is 6.66. The fourth-order valence-corrected chi connectivity index (χ4v) is 10.2. The first kappa shape index (κ1) is 62.2. The molecule has 4 aromatic carbocycles. The van der Waals surface area contributed by atoms with Gasteiger partial charge in [0.25, 0.3) is 0 Å². The fraction of sp³-hybridized carbons (Fsp3) is 0.619. The Labute approximate surface area is 438 Å². The van der Waals surface area contributed by atoms with Crippen LogP contribution in [0.4, 0.5) is 0 Å². The van der Waals surface area contributed by atoms with Gasteiger partial charge in [0.15, 0.2) is 0 Å². The Kier molecular flexibility index (Phi) is 19.6. The van der Waals surface area contributed by atoms with E-state index in [1.807, 2.05) is 6.92 Å². The molecule has 0 N–H and O–H groups in total. The van der Waals surface area contributed by atoms with Crippen LogP contribution < -0.4 is 18.1 Å². The third-order valence-electron chi connectivity index (χ3n) is 12.8. The van der Waals surface area contributed by atoms with Crippen LogP contribution in [0, 0.1) is 27.7 Å². The first-order chi connectivity index (χ1) is 31.8. The SMILES string of the molecule is CCOP(Oc1c(C)cc(C(C)(C)C)cc1C(C)(C)C)Oc1c(C)cc(C(C)(C)C)cc1C(C)(C)C.COP(Oc1c(C)cc(C(C)(C)C)cc1C(C)(C)C)Oc1c(C)cc(C(C)(C)C)cc1C(C)(C)C. The number of hydrogen-bond acceptors (Lipinski definition) is 6. The van der Waals surface area contributed by atoms with Crippen LogP contribution in [-0.4, -0.2) is 13.7 Å². The molecular formula is C63H100O6P2. The van der Waals surface area contributed by atoms with Crippen LogP contribution in [0.3, 0.4) is 0 Å². The summed E-state index contributed by atoms with van der Waals surface area (Å²) in [4.78, 5) is 0. The van der Waals surface area contributed by atoms with Crippen molar-refractivity contribution in [2.24, 2.45) is 0 Å². The smallest absolute Gasteiger partial charge is 0.417 e. The van der Waals surface area contributed by atoms with Gasteiger partial charge in [-0.2, -0.15) is 0 Å². The van der Waals surface area contributed by atoms with E-state index in [0.717, 1.165) is 45.3 Å². The summed E-state index contributed by atoms with van der Waals surface area (Å²) in [7, 11) is -1.63. The minimum atomic E-state index is -1.65. The predicted octanol–water partition coefficient (Wildman–Crippen LogP) is 20.0. The maximum Gasteiger partial charge on any atom is 0.463 e. The standard InChI is InChI=1S/C32H51O3P.C31H49O3P/c1-16-33-36(34-27-21(2)17-23(29(4,5)6)19-25(27)31(10,11)12)35-28-22(3)18-24(30(7,8)9)20-26(28)32(13,14)15;1-20-16-22(28(3,4)5)18-24(30(9,10)11)26(20)33-35(32-15)34-27-21(2)17-23(29(6,7)8)19-25(27)31(12,13)14/h17-20H,16H2,1-15H3;16-19H,1-15H3. The number of aryl methyl sites for hydroxylation is 4. The zero-order chi connectivity index (χ0) is 55.0. The zero-order valence-electron chi connectivity index (χ0n) is 50.7. The summed E-state index contributed by atoms with van der Waals surface area (Å²) in [6, 6.07) is 18.1. The van der Waals surface area contributed by atoms with E-state index in [9.17, 15) is 0 Å². The molecule has 0 bridgehead atoms. The molecule has 0 aliphatic rings. The van der Waals surface area contributed by atoms with Crippen molar-refractivity contribution in [1.82, 2.24) is 0 Å². The van der Waals surface area contributed by atoms with Crippen molar-refractivity contribution >= 4 is 17.2 Å². The molecule has 0 unspecified atom stereocenters. The minimum absolute atomic E-state index is 0.0535. The largest absolute Gasteiger partial charge is 0.463 e. The lowest BCUT2D eigenvalue weighted by Gasteiger charge is -2.31. The van der Waals surface area contributed by atoms with Gasteiger partial charge in [-0.1, -0.05) is 215 Å². The third kappa shape index (κ3) is 16.7. The molecule has 0 radical (unpaired) electrons. The topological polar surface area (TPSA) is 55.4 Å². The number of rotatable bonds is 11. The summed E-state index contributed by atoms with van der Waals surface area (Å²) < 4.78 is 38.4. The molecule has 0 aromatic heterocycles. The molecule has 0 spiro atoms. The first-order valence-electron chi connectivity index (χ1n) is 25.9. The molecule has 398 valence electrons. The van der Waals surface area contributed by atoms with Crippen LogP contribution in [0.1, 0.15) is 240 Å². The second-order valence-electron chi connectivity index (χ2n) is 28.1. The lowest BCUT2D eigenvalue weighted by molar-refractivity contribution is 0.275. The summed E-state index contributed by atoms with van der Waals surface area (Å²) in [5, 5.41) is 0. The monoisotopic (exact) mass is 1010 g/mol. The van der Waals surface area contributed by atoms with Gasteiger partial charge in [-0.05, 0) is 122 Å². The lowest BCUT2D eigenvalue weighted by atomic mass is 9.79. The number of benzene rings is 4. The van der Waals surface area contributed by atoms with E-state index in [1.165, 1.54) is 44.5 Å². The van der Waals surface area contributed by atoms with Crippen molar-refractivity contribution in [2.45, 2.75) is 244 Å². The lowest BCUT2D eigenvalue weighted by Crippen LogP contribution is -2.19. The number of hydrogen-bond donors (Lipinski definition) is 0. The highest BCUT2D eigenvalue weighted by molar-refractivity contribution is 7.42. The summed E-state index contributed by atoms with van der Waals surface area (Å²) in [6.45, 7) is 64.8. The van der Waals surface area contributed by atoms with Gasteiger partial charge in [-0.15, -0.1) is 0 Å². The van der Waals surface area contributed by atoms with Crippen LogP contribution >= 0.6 is 17.2 Å². The molecule has 0 saturated carbocycles. The van der Waals surface area contributed by atoms with Gasteiger partial charge in [0.1, 0.15) is 23.0 Å². The Morgan fingerprint density at radius 2 is 0.507 bits per heavy atom. The quantitative estimate of drug-likeness (QED) is 0.140. The van der Waals surface area contributed by atoms with Gasteiger partial charge < -0.3 is 18.1 Å². The summed E-state index contributed by atoms with van der Waals surface area (Å²) in [5.74, 6) is 3.46. The Hall–Kier alpha value is -3.14. The fourth-order valence-electron chi connectivity index (χ4n) is 8.11. The predicted molar refractivity (Wildman–Crippen MR) is 309 cm³/mol. The minimum Gasteiger partial charge on any atom is -0.417 e. The average Bonchev–Trinajstić information content (AvgIpc) is 3.16. The van der Waals surface area contributed by atoms with Crippen molar-refractivity contribution < 1.29 is 27.1 Å². The Morgan fingerprint density at radius 1 is 0.310 bits per heavy atom. The Bertz CT molecular complexity index is 2280. The first-order valence-corrected chi connectivity index (χ1v) is 28.1. The molecule has 0 aliphatic heterocycles. The molecule has 4 aromatic rings. The van der Waals surface area contributed by atoms with Crippen LogP contribution in [0.2, 0.25) is 0 Å². The van der Waals surface area contributed by atoms with Crippen LogP contribution in [0.25, 0.3) is 0 Å². The molecular weight excluding hydrogens is 915 g/mol. The molecule has 0 aliphatic carbocycles. The van der Waals surface area contributed by atoms with Gasteiger partial charge in [0, 0.05) is 29.4 Å². The van der Waals surface area contributed by atoms with Crippen LogP contribution in [0.15, 0.2) is 48.5 Å². The summed E-state index contributed by atoms with van der Waals surface area (Å²) in [5.41, 5.74) is 14.2. The van der Waals surface area contributed by atoms with Gasteiger partial charge in [-0.3, -0.25) is 9.05 Å². The highest BCUT2D eigenvalue weighted by Gasteiger charge is 2.34. The molecule has 71 heavy (non-hydrogen) atoms. The second kappa shape index (κ2) is 22.4. The molecule has 6 nitrogen and oxygen atoms in total. The second-order valence-corrected chi connectivity index (χ2v) is 30.3. The van der Waals surface area contributed by atoms with Crippen molar-refractivity contribution in [3.63, 3.8) is 0 Å². The van der Waals surface area contributed by atoms with E-state index >= 15 is 0 Å². The van der Waals surface area contributed by atoms with E-state index in [4.69, 9.17) is 27.1 Å². The van der Waals surface area contributed by atoms with E-state index in [0.29, 0.717) is 6.61 Å². The molecule has 8 heteroatoms. The zero-order valence-corrected chi connectivity index (χ0v) is 52.5. The summed E-state index contributed by atoms with van der Waals surface area (Å²) >= 11 is 0. The molecule has 0 saturated heterocycles. The Morgan fingerprint density at radius 3 is 0.662 bits per heavy atom. The summed E-state index contributed by atoms with van der Waals surface area (Å²) in [6.07, 6.45) is 0. The molecule has 0 heterocycles. The highest BCUT2D eigenvalue weighted by Crippen LogP contribution is 2.52. The van der Waals surface area contributed by atoms with Gasteiger partial charge in [0.05, 0.1) is 6.61 Å². The van der Waals surface area contributed by atoms with E-state index < -0.39 is 17.2 Å². The van der Waals surface area contributed by atoms with Crippen LogP contribution in [0.5, 0.6) is 23.0 Å². The maximum absolute atomic E-state index is 6.66. The van der Waals surface area contributed by atoms with Crippen molar-refractivity contribution in [3.8, 4) is 23.0 Å². The van der Waals surface area contributed by atoms with E-state index in [-0.39, 0.29) is 43.3 Å². The van der Waals surface area contributed by atoms with E-state index in [2.05, 4.69) is 242 Å². The third-order valence-corrected chi connectivity index (χ3v) is 14.9. The molecule has 0 amide bonds. The van der Waals surface area contributed by atoms with Gasteiger partial charge >= 0.3 is 17.2 Å². The normalized spacial score (nSPS) is 13.4.